The van der Waals surface area contributed by atoms with Crippen LogP contribution in [0.4, 0.5) is 11.4 Å². The van der Waals surface area contributed by atoms with Crippen molar-refractivity contribution in [3.05, 3.63) is 59.7 Å². The number of likely N-dealkylation sites (tertiary alicyclic amines) is 1. The number of hydrogen-bond acceptors (Lipinski definition) is 4. The number of amides is 3. The number of nitrogens with zero attached hydrogens (tertiary/aromatic N) is 1. The molecule has 30 heavy (non-hydrogen) atoms. The number of hydrogen-bond donors (Lipinski definition) is 3. The highest BCUT2D eigenvalue weighted by Crippen LogP contribution is 2.16. The van der Waals surface area contributed by atoms with Crippen LogP contribution >= 0.6 is 0 Å². The van der Waals surface area contributed by atoms with E-state index in [9.17, 15) is 14.4 Å². The molecule has 1 aliphatic rings. The number of carbonyl (C=O) groups is 3. The van der Waals surface area contributed by atoms with Crippen LogP contribution in [0.15, 0.2) is 48.5 Å². The topological polar surface area (TPSA) is 90.5 Å². The lowest BCUT2D eigenvalue weighted by atomic mass is 10.1. The van der Waals surface area contributed by atoms with E-state index in [-0.39, 0.29) is 24.3 Å². The second kappa shape index (κ2) is 10.4. The van der Waals surface area contributed by atoms with Gasteiger partial charge in [0.05, 0.1) is 6.54 Å². The van der Waals surface area contributed by atoms with Crippen molar-refractivity contribution in [1.29, 1.82) is 0 Å². The minimum absolute atomic E-state index is 0.0707. The van der Waals surface area contributed by atoms with Gasteiger partial charge in [-0.15, -0.1) is 0 Å². The number of carbonyl (C=O) groups excluding carboxylic acids is 3. The largest absolute Gasteiger partial charge is 0.376 e. The van der Waals surface area contributed by atoms with Crippen molar-refractivity contribution < 1.29 is 14.4 Å². The SMILES string of the molecule is CNC(=O)c1ccc(NC(=O)CNc2ccc(C(=O)N3CCCCCC3)cc2)cc1. The quantitative estimate of drug-likeness (QED) is 0.685. The van der Waals surface area contributed by atoms with Crippen LogP contribution in [0.3, 0.4) is 0 Å². The van der Waals surface area contributed by atoms with Crippen molar-refractivity contribution in [2.45, 2.75) is 25.7 Å². The lowest BCUT2D eigenvalue weighted by Crippen LogP contribution is -2.31. The van der Waals surface area contributed by atoms with Crippen LogP contribution in [0.25, 0.3) is 0 Å². The van der Waals surface area contributed by atoms with E-state index >= 15 is 0 Å². The van der Waals surface area contributed by atoms with Crippen LogP contribution in [-0.2, 0) is 4.79 Å². The van der Waals surface area contributed by atoms with Gasteiger partial charge in [0.15, 0.2) is 0 Å². The first-order valence-corrected chi connectivity index (χ1v) is 10.3. The summed E-state index contributed by atoms with van der Waals surface area (Å²) in [5, 5.41) is 8.39. The summed E-state index contributed by atoms with van der Waals surface area (Å²) < 4.78 is 0. The second-order valence-electron chi connectivity index (χ2n) is 7.34. The summed E-state index contributed by atoms with van der Waals surface area (Å²) in [5.74, 6) is -0.305. The monoisotopic (exact) mass is 408 g/mol. The van der Waals surface area contributed by atoms with E-state index in [2.05, 4.69) is 16.0 Å². The third-order valence-electron chi connectivity index (χ3n) is 5.14. The molecule has 0 atom stereocenters. The molecule has 1 aliphatic heterocycles. The highest BCUT2D eigenvalue weighted by molar-refractivity contribution is 5.97. The molecule has 7 heteroatoms. The zero-order valence-corrected chi connectivity index (χ0v) is 17.2. The summed E-state index contributed by atoms with van der Waals surface area (Å²) in [5.41, 5.74) is 2.59. The molecule has 0 bridgehead atoms. The van der Waals surface area contributed by atoms with Gasteiger partial charge in [0.2, 0.25) is 5.91 Å². The van der Waals surface area contributed by atoms with E-state index < -0.39 is 0 Å². The van der Waals surface area contributed by atoms with Gasteiger partial charge >= 0.3 is 0 Å². The van der Waals surface area contributed by atoms with Crippen molar-refractivity contribution in [1.82, 2.24) is 10.2 Å². The molecule has 2 aromatic rings. The summed E-state index contributed by atoms with van der Waals surface area (Å²) in [6.45, 7) is 1.74. The van der Waals surface area contributed by atoms with Gasteiger partial charge in [-0.1, -0.05) is 12.8 Å². The van der Waals surface area contributed by atoms with Crippen LogP contribution < -0.4 is 16.0 Å². The van der Waals surface area contributed by atoms with Crippen LogP contribution in [0.1, 0.15) is 46.4 Å². The third kappa shape index (κ3) is 5.83. The van der Waals surface area contributed by atoms with E-state index in [4.69, 9.17) is 0 Å². The first-order chi connectivity index (χ1) is 14.6. The second-order valence-corrected chi connectivity index (χ2v) is 7.34. The smallest absolute Gasteiger partial charge is 0.253 e. The Morgan fingerprint density at radius 3 is 1.97 bits per heavy atom. The number of benzene rings is 2. The Morgan fingerprint density at radius 2 is 1.37 bits per heavy atom. The predicted molar refractivity (Wildman–Crippen MR) is 118 cm³/mol. The van der Waals surface area contributed by atoms with Gasteiger partial charge in [0, 0.05) is 42.6 Å². The highest BCUT2D eigenvalue weighted by Gasteiger charge is 2.17. The first kappa shape index (κ1) is 21.4. The van der Waals surface area contributed by atoms with Crippen molar-refractivity contribution in [2.75, 3.05) is 37.3 Å². The van der Waals surface area contributed by atoms with Crippen LogP contribution in [0, 0.1) is 0 Å². The first-order valence-electron chi connectivity index (χ1n) is 10.3. The molecule has 0 unspecified atom stereocenters. The summed E-state index contributed by atoms with van der Waals surface area (Å²) >= 11 is 0. The summed E-state index contributed by atoms with van der Waals surface area (Å²) in [4.78, 5) is 38.3. The number of anilines is 2. The molecule has 1 fully saturated rings. The summed E-state index contributed by atoms with van der Waals surface area (Å²) in [7, 11) is 1.57. The van der Waals surface area contributed by atoms with Crippen LogP contribution in [0.5, 0.6) is 0 Å². The van der Waals surface area contributed by atoms with E-state index in [0.29, 0.717) is 16.8 Å². The Balaban J connectivity index is 1.49. The molecule has 3 amide bonds. The molecule has 158 valence electrons. The lowest BCUT2D eigenvalue weighted by molar-refractivity contribution is -0.114. The Bertz CT molecular complexity index is 870. The Kier molecular flexibility index (Phi) is 7.43. The fraction of sp³-hybridized carbons (Fsp3) is 0.348. The molecule has 0 aromatic heterocycles. The standard InChI is InChI=1S/C23H28N4O3/c1-24-22(29)17-6-12-20(13-7-17)26-21(28)16-25-19-10-8-18(9-11-19)23(30)27-14-4-2-3-5-15-27/h6-13,25H,2-5,14-16H2,1H3,(H,24,29)(H,26,28). The minimum atomic E-state index is -0.201. The average Bonchev–Trinajstić information content (AvgIpc) is 3.07. The van der Waals surface area contributed by atoms with Crippen LogP contribution in [0.2, 0.25) is 0 Å². The molecule has 0 aliphatic carbocycles. The molecule has 7 nitrogen and oxygen atoms in total. The molecule has 3 rings (SSSR count). The summed E-state index contributed by atoms with van der Waals surface area (Å²) in [6, 6.07) is 13.9. The fourth-order valence-electron chi connectivity index (χ4n) is 3.42. The molecule has 2 aromatic carbocycles. The molecular weight excluding hydrogens is 380 g/mol. The van der Waals surface area contributed by atoms with Gasteiger partial charge in [-0.2, -0.15) is 0 Å². The number of rotatable bonds is 6. The highest BCUT2D eigenvalue weighted by atomic mass is 16.2. The molecule has 0 saturated carbocycles. The van der Waals surface area contributed by atoms with Crippen LogP contribution in [-0.4, -0.2) is 49.3 Å². The molecule has 1 saturated heterocycles. The van der Waals surface area contributed by atoms with E-state index in [0.717, 1.165) is 31.6 Å². The van der Waals surface area contributed by atoms with Gasteiger partial charge in [-0.3, -0.25) is 14.4 Å². The predicted octanol–water partition coefficient (Wildman–Crippen LogP) is 3.11. The Labute approximate surface area is 176 Å². The molecular formula is C23H28N4O3. The summed E-state index contributed by atoms with van der Waals surface area (Å²) in [6.07, 6.45) is 4.50. The van der Waals surface area contributed by atoms with Crippen molar-refractivity contribution in [2.24, 2.45) is 0 Å². The molecule has 0 radical (unpaired) electrons. The van der Waals surface area contributed by atoms with Crippen molar-refractivity contribution >= 4 is 29.1 Å². The Morgan fingerprint density at radius 1 is 0.800 bits per heavy atom. The van der Waals surface area contributed by atoms with Gasteiger partial charge < -0.3 is 20.9 Å². The van der Waals surface area contributed by atoms with Gasteiger partial charge in [-0.05, 0) is 61.4 Å². The van der Waals surface area contributed by atoms with Crippen molar-refractivity contribution in [3.63, 3.8) is 0 Å². The lowest BCUT2D eigenvalue weighted by Gasteiger charge is -2.20. The maximum absolute atomic E-state index is 12.6. The molecule has 0 spiro atoms. The zero-order valence-electron chi connectivity index (χ0n) is 17.2. The van der Waals surface area contributed by atoms with Gasteiger partial charge in [0.25, 0.3) is 11.8 Å². The van der Waals surface area contributed by atoms with E-state index in [1.54, 1.807) is 43.4 Å². The van der Waals surface area contributed by atoms with Gasteiger partial charge in [0.1, 0.15) is 0 Å². The average molecular weight is 409 g/mol. The maximum Gasteiger partial charge on any atom is 0.253 e. The zero-order chi connectivity index (χ0) is 21.3. The molecule has 3 N–H and O–H groups in total. The molecule has 1 heterocycles. The third-order valence-corrected chi connectivity index (χ3v) is 5.14. The fourth-order valence-corrected chi connectivity index (χ4v) is 3.42. The maximum atomic E-state index is 12.6. The number of nitrogens with one attached hydrogen (secondary N) is 3. The minimum Gasteiger partial charge on any atom is -0.376 e. The van der Waals surface area contributed by atoms with Crippen molar-refractivity contribution in [3.8, 4) is 0 Å². The van der Waals surface area contributed by atoms with Gasteiger partial charge in [-0.25, -0.2) is 0 Å². The van der Waals surface area contributed by atoms with E-state index in [1.807, 2.05) is 17.0 Å². The van der Waals surface area contributed by atoms with E-state index in [1.165, 1.54) is 12.8 Å². The normalized spacial score (nSPS) is 13.8. The Hall–Kier alpha value is -3.35.